The number of carbonyl (C=O) groups excluding carboxylic acids is 1. The number of hydrogen-bond acceptors (Lipinski definition) is 1. The molecule has 128 valence electrons. The highest BCUT2D eigenvalue weighted by atomic mass is 79.9. The van der Waals surface area contributed by atoms with Gasteiger partial charge in [0.05, 0.1) is 6.04 Å². The quantitative estimate of drug-likeness (QED) is 0.817. The van der Waals surface area contributed by atoms with E-state index in [0.717, 1.165) is 29.4 Å². The van der Waals surface area contributed by atoms with Crippen LogP contribution in [-0.2, 0) is 6.54 Å². The number of aromatic nitrogens is 1. The molecule has 1 atom stereocenters. The average Bonchev–Trinajstić information content (AvgIpc) is 3.08. The molecular formula is C19H24BrN3O. The Morgan fingerprint density at radius 1 is 1.21 bits per heavy atom. The number of benzene rings is 1. The van der Waals surface area contributed by atoms with Crippen molar-refractivity contribution in [1.82, 2.24) is 14.8 Å². The molecule has 5 heteroatoms. The highest BCUT2D eigenvalue weighted by molar-refractivity contribution is 9.10. The van der Waals surface area contributed by atoms with E-state index in [1.165, 1.54) is 5.69 Å². The summed E-state index contributed by atoms with van der Waals surface area (Å²) < 4.78 is 3.29. The lowest BCUT2D eigenvalue weighted by Crippen LogP contribution is -2.49. The van der Waals surface area contributed by atoms with Crippen molar-refractivity contribution in [3.63, 3.8) is 0 Å². The van der Waals surface area contributed by atoms with E-state index in [2.05, 4.69) is 70.1 Å². The fourth-order valence-electron chi connectivity index (χ4n) is 3.35. The lowest BCUT2D eigenvalue weighted by atomic mass is 10.0. The Hall–Kier alpha value is -1.75. The molecule has 0 saturated carbocycles. The summed E-state index contributed by atoms with van der Waals surface area (Å²) in [6.45, 7) is 5.78. The van der Waals surface area contributed by atoms with Gasteiger partial charge < -0.3 is 14.8 Å². The molecule has 24 heavy (non-hydrogen) atoms. The topological polar surface area (TPSA) is 37.3 Å². The number of halogens is 1. The predicted octanol–water partition coefficient (Wildman–Crippen LogP) is 4.55. The third kappa shape index (κ3) is 3.36. The summed E-state index contributed by atoms with van der Waals surface area (Å²) in [5, 5.41) is 3.19. The van der Waals surface area contributed by atoms with Crippen LogP contribution in [0.2, 0.25) is 0 Å². The van der Waals surface area contributed by atoms with Crippen molar-refractivity contribution in [3.05, 3.63) is 58.3 Å². The van der Waals surface area contributed by atoms with Gasteiger partial charge in [0.15, 0.2) is 0 Å². The molecular weight excluding hydrogens is 366 g/mol. The number of rotatable bonds is 4. The van der Waals surface area contributed by atoms with Crippen LogP contribution in [0, 0.1) is 0 Å². The van der Waals surface area contributed by atoms with Crippen molar-refractivity contribution in [2.24, 2.45) is 0 Å². The van der Waals surface area contributed by atoms with Gasteiger partial charge in [-0.2, -0.15) is 0 Å². The molecule has 4 nitrogen and oxygen atoms in total. The molecule has 0 saturated heterocycles. The standard InChI is InChI=1S/C19H24BrN3O/c1-3-16(4-2)21-19(24)23-13-12-22-11-5-6-17(22)18(23)14-7-9-15(20)10-8-14/h5-11,16,18H,3-4,12-13H2,1-2H3,(H,21,24)/t18-/m1/s1. The summed E-state index contributed by atoms with van der Waals surface area (Å²) in [5.41, 5.74) is 2.31. The van der Waals surface area contributed by atoms with E-state index in [0.29, 0.717) is 6.54 Å². The molecule has 1 aliphatic heterocycles. The van der Waals surface area contributed by atoms with Crippen molar-refractivity contribution in [2.45, 2.75) is 45.3 Å². The second kappa shape index (κ2) is 7.43. The molecule has 0 spiro atoms. The molecule has 1 aromatic carbocycles. The second-order valence-electron chi connectivity index (χ2n) is 6.24. The molecule has 2 aromatic rings. The third-order valence-corrected chi connectivity index (χ3v) is 5.33. The van der Waals surface area contributed by atoms with E-state index in [-0.39, 0.29) is 18.1 Å². The maximum atomic E-state index is 12.9. The lowest BCUT2D eigenvalue weighted by molar-refractivity contribution is 0.164. The van der Waals surface area contributed by atoms with E-state index in [9.17, 15) is 4.79 Å². The number of fused-ring (bicyclic) bond motifs is 1. The first-order valence-electron chi connectivity index (χ1n) is 8.61. The van der Waals surface area contributed by atoms with E-state index in [1.807, 2.05) is 17.0 Å². The Kier molecular flexibility index (Phi) is 5.29. The van der Waals surface area contributed by atoms with Crippen LogP contribution in [0.4, 0.5) is 4.79 Å². The predicted molar refractivity (Wildman–Crippen MR) is 100 cm³/mol. The average molecular weight is 390 g/mol. The monoisotopic (exact) mass is 389 g/mol. The Labute approximate surface area is 152 Å². The number of nitrogens with one attached hydrogen (secondary N) is 1. The number of carbonyl (C=O) groups is 1. The molecule has 0 fully saturated rings. The van der Waals surface area contributed by atoms with Crippen molar-refractivity contribution >= 4 is 22.0 Å². The highest BCUT2D eigenvalue weighted by Crippen LogP contribution is 2.33. The molecule has 1 aliphatic rings. The Balaban J connectivity index is 1.92. The third-order valence-electron chi connectivity index (χ3n) is 4.80. The van der Waals surface area contributed by atoms with E-state index >= 15 is 0 Å². The van der Waals surface area contributed by atoms with Crippen molar-refractivity contribution in [3.8, 4) is 0 Å². The Morgan fingerprint density at radius 2 is 1.92 bits per heavy atom. The molecule has 1 N–H and O–H groups in total. The summed E-state index contributed by atoms with van der Waals surface area (Å²) in [6, 6.07) is 12.6. The first kappa shape index (κ1) is 17.1. The van der Waals surface area contributed by atoms with Crippen molar-refractivity contribution in [2.75, 3.05) is 6.54 Å². The summed E-state index contributed by atoms with van der Waals surface area (Å²) in [4.78, 5) is 14.9. The minimum Gasteiger partial charge on any atom is -0.348 e. The van der Waals surface area contributed by atoms with Crippen LogP contribution in [0.3, 0.4) is 0 Å². The normalized spacial score (nSPS) is 17.0. The lowest BCUT2D eigenvalue weighted by Gasteiger charge is -2.38. The van der Waals surface area contributed by atoms with E-state index < -0.39 is 0 Å². The van der Waals surface area contributed by atoms with E-state index in [4.69, 9.17) is 0 Å². The number of amides is 2. The number of urea groups is 1. The summed E-state index contributed by atoms with van der Waals surface area (Å²) >= 11 is 3.49. The van der Waals surface area contributed by atoms with Gasteiger partial charge in [0, 0.05) is 35.5 Å². The van der Waals surface area contributed by atoms with Gasteiger partial charge in [-0.05, 0) is 42.7 Å². The largest absolute Gasteiger partial charge is 0.348 e. The minimum atomic E-state index is -0.0452. The van der Waals surface area contributed by atoms with Crippen molar-refractivity contribution in [1.29, 1.82) is 0 Å². The minimum absolute atomic E-state index is 0.0315. The van der Waals surface area contributed by atoms with Gasteiger partial charge in [0.1, 0.15) is 0 Å². The smallest absolute Gasteiger partial charge is 0.318 e. The number of hydrogen-bond donors (Lipinski definition) is 1. The molecule has 2 amide bonds. The molecule has 2 heterocycles. The molecule has 0 radical (unpaired) electrons. The number of nitrogens with zero attached hydrogens (tertiary/aromatic N) is 2. The van der Waals surface area contributed by atoms with Crippen LogP contribution >= 0.6 is 15.9 Å². The van der Waals surface area contributed by atoms with Gasteiger partial charge in [-0.25, -0.2) is 4.79 Å². The zero-order chi connectivity index (χ0) is 17.1. The first-order chi connectivity index (χ1) is 11.6. The Bertz CT molecular complexity index is 691. The van der Waals surface area contributed by atoms with Crippen LogP contribution < -0.4 is 5.32 Å². The maximum Gasteiger partial charge on any atom is 0.318 e. The summed E-state index contributed by atoms with van der Waals surface area (Å²) in [5.74, 6) is 0. The fraction of sp³-hybridized carbons (Fsp3) is 0.421. The molecule has 0 bridgehead atoms. The van der Waals surface area contributed by atoms with Crippen LogP contribution in [0.1, 0.15) is 44.0 Å². The fourth-order valence-corrected chi connectivity index (χ4v) is 3.61. The Morgan fingerprint density at radius 3 is 2.58 bits per heavy atom. The van der Waals surface area contributed by atoms with Crippen LogP contribution in [0.25, 0.3) is 0 Å². The molecule has 3 rings (SSSR count). The zero-order valence-corrected chi connectivity index (χ0v) is 15.8. The van der Waals surface area contributed by atoms with Gasteiger partial charge in [-0.1, -0.05) is 41.9 Å². The van der Waals surface area contributed by atoms with Crippen LogP contribution in [0.15, 0.2) is 47.1 Å². The van der Waals surface area contributed by atoms with Gasteiger partial charge >= 0.3 is 6.03 Å². The van der Waals surface area contributed by atoms with Crippen molar-refractivity contribution < 1.29 is 4.79 Å². The molecule has 0 aliphatic carbocycles. The van der Waals surface area contributed by atoms with Gasteiger partial charge in [-0.3, -0.25) is 0 Å². The van der Waals surface area contributed by atoms with Gasteiger partial charge in [0.2, 0.25) is 0 Å². The maximum absolute atomic E-state index is 12.9. The zero-order valence-electron chi connectivity index (χ0n) is 14.2. The SMILES string of the molecule is CCC(CC)NC(=O)N1CCn2cccc2[C@H]1c1ccc(Br)cc1. The van der Waals surface area contributed by atoms with Crippen LogP contribution in [-0.4, -0.2) is 28.1 Å². The molecule has 0 unspecified atom stereocenters. The first-order valence-corrected chi connectivity index (χ1v) is 9.41. The summed E-state index contributed by atoms with van der Waals surface area (Å²) in [6.07, 6.45) is 4.00. The highest BCUT2D eigenvalue weighted by Gasteiger charge is 2.32. The van der Waals surface area contributed by atoms with Gasteiger partial charge in [0.25, 0.3) is 0 Å². The second-order valence-corrected chi connectivity index (χ2v) is 7.15. The van der Waals surface area contributed by atoms with Gasteiger partial charge in [-0.15, -0.1) is 0 Å². The van der Waals surface area contributed by atoms with E-state index in [1.54, 1.807) is 0 Å². The van der Waals surface area contributed by atoms with Crippen LogP contribution in [0.5, 0.6) is 0 Å². The summed E-state index contributed by atoms with van der Waals surface area (Å²) in [7, 11) is 0. The molecule has 1 aromatic heterocycles.